The third-order valence-corrected chi connectivity index (χ3v) is 5.46. The lowest BCUT2D eigenvalue weighted by molar-refractivity contribution is -0.120. The quantitative estimate of drug-likeness (QED) is 0.534. The number of halogens is 3. The maximum atomic E-state index is 13.5. The predicted molar refractivity (Wildman–Crippen MR) is 109 cm³/mol. The number of Topliss-reactive ketones (excluding diaryl/α,β-unsaturated/α-hetero) is 1. The van der Waals surface area contributed by atoms with Gasteiger partial charge in [0.25, 0.3) is 23.5 Å². The standard InChI is InChI=1S/C22H24F3N3O3/c1-12-10-14(7-8-16(12)23)27-20(30)15-11-18(28-9-5-4-6-17(15)28)19(29)21(31)26-13(2)22(3,24)25/h7-8,10-11,13H,4-6,9H2,1-3H3,(H,26,31)(H,27,30). The molecular formula is C22H24F3N3O3. The predicted octanol–water partition coefficient (Wildman–Crippen LogP) is 3.87. The van der Waals surface area contributed by atoms with Crippen LogP contribution in [-0.4, -0.2) is 34.1 Å². The monoisotopic (exact) mass is 435 g/mol. The van der Waals surface area contributed by atoms with Gasteiger partial charge in [0, 0.05) is 24.8 Å². The van der Waals surface area contributed by atoms with E-state index in [0.29, 0.717) is 36.8 Å². The van der Waals surface area contributed by atoms with Crippen molar-refractivity contribution in [1.29, 1.82) is 0 Å². The largest absolute Gasteiger partial charge is 0.341 e. The third-order valence-electron chi connectivity index (χ3n) is 5.46. The van der Waals surface area contributed by atoms with Gasteiger partial charge >= 0.3 is 0 Å². The summed E-state index contributed by atoms with van der Waals surface area (Å²) >= 11 is 0. The van der Waals surface area contributed by atoms with Crippen LogP contribution in [0, 0.1) is 12.7 Å². The van der Waals surface area contributed by atoms with E-state index in [9.17, 15) is 27.6 Å². The first kappa shape index (κ1) is 22.6. The lowest BCUT2D eigenvalue weighted by Crippen LogP contribution is -2.46. The third kappa shape index (κ3) is 4.81. The zero-order valence-corrected chi connectivity index (χ0v) is 17.5. The Morgan fingerprint density at radius 3 is 2.52 bits per heavy atom. The maximum absolute atomic E-state index is 13.5. The van der Waals surface area contributed by atoms with Crippen molar-refractivity contribution in [2.45, 2.75) is 58.5 Å². The van der Waals surface area contributed by atoms with Crippen LogP contribution >= 0.6 is 0 Å². The molecule has 2 heterocycles. The molecule has 0 saturated heterocycles. The van der Waals surface area contributed by atoms with Crippen LogP contribution in [0.15, 0.2) is 24.3 Å². The Hall–Kier alpha value is -3.10. The molecule has 1 aromatic carbocycles. The number of fused-ring (bicyclic) bond motifs is 1. The summed E-state index contributed by atoms with van der Waals surface area (Å²) in [7, 11) is 0. The molecule has 0 bridgehead atoms. The van der Waals surface area contributed by atoms with Gasteiger partial charge in [-0.1, -0.05) is 0 Å². The summed E-state index contributed by atoms with van der Waals surface area (Å²) in [5, 5.41) is 4.71. The molecule has 0 radical (unpaired) electrons. The summed E-state index contributed by atoms with van der Waals surface area (Å²) in [6, 6.07) is 3.95. The van der Waals surface area contributed by atoms with Gasteiger partial charge in [0.15, 0.2) is 0 Å². The molecule has 0 saturated carbocycles. The maximum Gasteiger partial charge on any atom is 0.294 e. The molecule has 1 atom stereocenters. The summed E-state index contributed by atoms with van der Waals surface area (Å²) in [6.45, 7) is 3.77. The SMILES string of the molecule is Cc1cc(NC(=O)c2cc(C(=O)C(=O)NC(C)C(C)(F)F)n3c2CCCC3)ccc1F. The normalized spacial score (nSPS) is 14.5. The van der Waals surface area contributed by atoms with Gasteiger partial charge in [0.2, 0.25) is 0 Å². The van der Waals surface area contributed by atoms with Gasteiger partial charge in [0.1, 0.15) is 5.82 Å². The minimum Gasteiger partial charge on any atom is -0.341 e. The van der Waals surface area contributed by atoms with Crippen LogP contribution in [0.5, 0.6) is 0 Å². The van der Waals surface area contributed by atoms with Gasteiger partial charge in [-0.2, -0.15) is 0 Å². The number of rotatable bonds is 6. The number of carbonyl (C=O) groups is 3. The number of anilines is 1. The first-order valence-corrected chi connectivity index (χ1v) is 10.0. The summed E-state index contributed by atoms with van der Waals surface area (Å²) in [5.74, 6) is -6.21. The van der Waals surface area contributed by atoms with Gasteiger partial charge in [-0.15, -0.1) is 0 Å². The van der Waals surface area contributed by atoms with Gasteiger partial charge < -0.3 is 15.2 Å². The van der Waals surface area contributed by atoms with E-state index in [1.165, 1.54) is 24.3 Å². The topological polar surface area (TPSA) is 80.2 Å². The Kier molecular flexibility index (Phi) is 6.24. The van der Waals surface area contributed by atoms with E-state index in [0.717, 1.165) is 19.8 Å². The Labute approximate surface area is 177 Å². The van der Waals surface area contributed by atoms with E-state index in [4.69, 9.17) is 0 Å². The van der Waals surface area contributed by atoms with Crippen LogP contribution in [-0.2, 0) is 17.8 Å². The fourth-order valence-corrected chi connectivity index (χ4v) is 3.49. The molecule has 1 aliphatic rings. The van der Waals surface area contributed by atoms with Crippen LogP contribution in [0.4, 0.5) is 18.9 Å². The second-order valence-electron chi connectivity index (χ2n) is 7.90. The van der Waals surface area contributed by atoms with Gasteiger partial charge in [-0.25, -0.2) is 13.2 Å². The van der Waals surface area contributed by atoms with Crippen molar-refractivity contribution in [1.82, 2.24) is 9.88 Å². The molecule has 31 heavy (non-hydrogen) atoms. The van der Waals surface area contributed by atoms with E-state index >= 15 is 0 Å². The highest BCUT2D eigenvalue weighted by Gasteiger charge is 2.34. The van der Waals surface area contributed by atoms with Crippen LogP contribution in [0.3, 0.4) is 0 Å². The second kappa shape index (κ2) is 8.56. The van der Waals surface area contributed by atoms with E-state index < -0.39 is 35.4 Å². The molecule has 2 N–H and O–H groups in total. The highest BCUT2D eigenvalue weighted by molar-refractivity contribution is 6.42. The van der Waals surface area contributed by atoms with Gasteiger partial charge in [0.05, 0.1) is 17.3 Å². The minimum absolute atomic E-state index is 0.0146. The molecule has 0 fully saturated rings. The molecule has 166 valence electrons. The molecular weight excluding hydrogens is 411 g/mol. The molecule has 3 rings (SSSR count). The van der Waals surface area contributed by atoms with Crippen LogP contribution in [0.25, 0.3) is 0 Å². The van der Waals surface area contributed by atoms with Crippen molar-refractivity contribution in [3.63, 3.8) is 0 Å². The van der Waals surface area contributed by atoms with E-state index in [1.807, 2.05) is 5.32 Å². The summed E-state index contributed by atoms with van der Waals surface area (Å²) in [5.41, 5.74) is 1.58. The number of alkyl halides is 2. The average molecular weight is 435 g/mol. The number of ketones is 1. The van der Waals surface area contributed by atoms with Gasteiger partial charge in [-0.05, 0) is 62.9 Å². The Morgan fingerprint density at radius 2 is 1.87 bits per heavy atom. The smallest absolute Gasteiger partial charge is 0.294 e. The van der Waals surface area contributed by atoms with E-state index in [-0.39, 0.29) is 11.3 Å². The molecule has 6 nitrogen and oxygen atoms in total. The lowest BCUT2D eigenvalue weighted by atomic mass is 10.1. The van der Waals surface area contributed by atoms with Crippen molar-refractivity contribution in [2.75, 3.05) is 5.32 Å². The van der Waals surface area contributed by atoms with Crippen LogP contribution in [0.1, 0.15) is 58.8 Å². The van der Waals surface area contributed by atoms with Crippen LogP contribution in [0.2, 0.25) is 0 Å². The first-order chi connectivity index (χ1) is 14.5. The summed E-state index contributed by atoms with van der Waals surface area (Å²) in [4.78, 5) is 37.9. The number of hydrogen-bond acceptors (Lipinski definition) is 3. The van der Waals surface area contributed by atoms with Crippen molar-refractivity contribution < 1.29 is 27.6 Å². The highest BCUT2D eigenvalue weighted by Crippen LogP contribution is 2.26. The molecule has 9 heteroatoms. The fraction of sp³-hybridized carbons (Fsp3) is 0.409. The lowest BCUT2D eigenvalue weighted by Gasteiger charge is -2.21. The highest BCUT2D eigenvalue weighted by atomic mass is 19.3. The number of amides is 2. The molecule has 1 aromatic heterocycles. The van der Waals surface area contributed by atoms with Crippen molar-refractivity contribution in [2.24, 2.45) is 0 Å². The number of hydrogen-bond donors (Lipinski definition) is 2. The van der Waals surface area contributed by atoms with Crippen molar-refractivity contribution in [3.05, 3.63) is 52.6 Å². The molecule has 2 amide bonds. The van der Waals surface area contributed by atoms with Crippen LogP contribution < -0.4 is 10.6 Å². The summed E-state index contributed by atoms with van der Waals surface area (Å²) < 4.78 is 41.8. The number of carbonyl (C=O) groups excluding carboxylic acids is 3. The van der Waals surface area contributed by atoms with Crippen molar-refractivity contribution in [3.8, 4) is 0 Å². The number of benzene rings is 1. The first-order valence-electron chi connectivity index (χ1n) is 10.0. The Bertz CT molecular complexity index is 1040. The van der Waals surface area contributed by atoms with Crippen molar-refractivity contribution >= 4 is 23.3 Å². The number of aromatic nitrogens is 1. The van der Waals surface area contributed by atoms with E-state index in [1.54, 1.807) is 11.5 Å². The molecule has 0 spiro atoms. The average Bonchev–Trinajstić information content (AvgIpc) is 3.09. The summed E-state index contributed by atoms with van der Waals surface area (Å²) in [6.07, 6.45) is 2.09. The molecule has 0 aliphatic carbocycles. The molecule has 2 aromatic rings. The number of aryl methyl sites for hydroxylation is 1. The molecule has 1 unspecified atom stereocenters. The molecule has 1 aliphatic heterocycles. The number of nitrogens with one attached hydrogen (secondary N) is 2. The second-order valence-corrected chi connectivity index (χ2v) is 7.90. The zero-order chi connectivity index (χ0) is 22.9. The Balaban J connectivity index is 1.88. The zero-order valence-electron chi connectivity index (χ0n) is 17.5. The minimum atomic E-state index is -3.19. The Morgan fingerprint density at radius 1 is 1.16 bits per heavy atom. The van der Waals surface area contributed by atoms with E-state index in [2.05, 4.69) is 5.32 Å². The fourth-order valence-electron chi connectivity index (χ4n) is 3.49. The number of nitrogens with zero attached hydrogens (tertiary/aromatic N) is 1. The van der Waals surface area contributed by atoms with Gasteiger partial charge in [-0.3, -0.25) is 14.4 Å².